The van der Waals surface area contributed by atoms with E-state index in [1.54, 1.807) is 0 Å². The highest BCUT2D eigenvalue weighted by Crippen LogP contribution is 2.30. The number of urea groups is 1. The standard InChI is InChI=1S/C6H13N2O2P/c1-5(2)11(10)8(4)6(9)7-3/h5H,1-4H3/p+1. The number of carbonyl (C=O) groups excluding carboxylic acids is 1. The first-order valence-electron chi connectivity index (χ1n) is 3.42. The van der Waals surface area contributed by atoms with Crippen LogP contribution in [-0.2, 0) is 4.57 Å². The maximum Gasteiger partial charge on any atom is 0.468 e. The van der Waals surface area contributed by atoms with Crippen LogP contribution in [0.1, 0.15) is 13.8 Å². The molecule has 0 saturated heterocycles. The maximum atomic E-state index is 11.3. The van der Waals surface area contributed by atoms with Gasteiger partial charge in [0.1, 0.15) is 0 Å². The van der Waals surface area contributed by atoms with E-state index in [1.807, 2.05) is 13.8 Å². The molecule has 0 aromatic heterocycles. The number of amides is 2. The van der Waals surface area contributed by atoms with Gasteiger partial charge in [-0.3, -0.25) is 0 Å². The van der Waals surface area contributed by atoms with Gasteiger partial charge in [-0.05, 0) is 18.4 Å². The fourth-order valence-corrected chi connectivity index (χ4v) is 1.57. The normalized spacial score (nSPS) is 11.2. The Morgan fingerprint density at radius 2 is 2.00 bits per heavy atom. The molecule has 4 nitrogen and oxygen atoms in total. The molecule has 0 aromatic rings. The van der Waals surface area contributed by atoms with Gasteiger partial charge in [0, 0.05) is 7.05 Å². The Balaban J connectivity index is 4.13. The monoisotopic (exact) mass is 177 g/mol. The van der Waals surface area contributed by atoms with Crippen molar-refractivity contribution in [3.63, 3.8) is 0 Å². The van der Waals surface area contributed by atoms with Crippen LogP contribution in [0.3, 0.4) is 0 Å². The molecule has 0 bridgehead atoms. The Labute approximate surface area is 67.8 Å². The zero-order valence-corrected chi connectivity index (χ0v) is 8.18. The van der Waals surface area contributed by atoms with E-state index in [4.69, 9.17) is 0 Å². The first-order valence-corrected chi connectivity index (χ1v) is 4.70. The SMILES string of the molecule is CNC(=O)N(C)[P+](=O)C(C)C. The minimum Gasteiger partial charge on any atom is -0.338 e. The van der Waals surface area contributed by atoms with Gasteiger partial charge in [0.2, 0.25) is 0 Å². The lowest BCUT2D eigenvalue weighted by Crippen LogP contribution is -2.30. The lowest BCUT2D eigenvalue weighted by molar-refractivity contribution is 0.230. The van der Waals surface area contributed by atoms with Crippen LogP contribution < -0.4 is 5.32 Å². The minimum atomic E-state index is -1.57. The summed E-state index contributed by atoms with van der Waals surface area (Å²) in [6.45, 7) is 3.64. The Morgan fingerprint density at radius 1 is 1.55 bits per heavy atom. The molecule has 1 unspecified atom stereocenters. The van der Waals surface area contributed by atoms with E-state index in [2.05, 4.69) is 5.32 Å². The smallest absolute Gasteiger partial charge is 0.338 e. The predicted octanol–water partition coefficient (Wildman–Crippen LogP) is 1.41. The van der Waals surface area contributed by atoms with Crippen LogP contribution in [0.25, 0.3) is 0 Å². The van der Waals surface area contributed by atoms with Crippen molar-refractivity contribution in [2.45, 2.75) is 19.5 Å². The van der Waals surface area contributed by atoms with Crippen molar-refractivity contribution in [1.82, 2.24) is 9.99 Å². The van der Waals surface area contributed by atoms with E-state index >= 15 is 0 Å². The molecular weight excluding hydrogens is 163 g/mol. The topological polar surface area (TPSA) is 49.4 Å². The molecule has 0 aliphatic rings. The minimum absolute atomic E-state index is 0.00676. The van der Waals surface area contributed by atoms with Crippen molar-refractivity contribution in [3.05, 3.63) is 0 Å². The Hall–Kier alpha value is -0.630. The molecule has 0 aromatic carbocycles. The molecule has 0 fully saturated rings. The number of rotatable bonds is 2. The first kappa shape index (κ1) is 10.4. The summed E-state index contributed by atoms with van der Waals surface area (Å²) in [5, 5.41) is 2.40. The zero-order chi connectivity index (χ0) is 9.02. The van der Waals surface area contributed by atoms with Crippen molar-refractivity contribution in [1.29, 1.82) is 0 Å². The zero-order valence-electron chi connectivity index (χ0n) is 7.29. The van der Waals surface area contributed by atoms with Crippen molar-refractivity contribution in [2.24, 2.45) is 0 Å². The summed E-state index contributed by atoms with van der Waals surface area (Å²) in [4.78, 5) is 10.9. The highest BCUT2D eigenvalue weighted by atomic mass is 31.1. The van der Waals surface area contributed by atoms with Gasteiger partial charge in [-0.25, -0.2) is 4.79 Å². The molecule has 0 rings (SSSR count). The van der Waals surface area contributed by atoms with Gasteiger partial charge >= 0.3 is 14.0 Å². The fourth-order valence-electron chi connectivity index (χ4n) is 0.598. The number of hydrogen-bond donors (Lipinski definition) is 1. The molecule has 2 amide bonds. The largest absolute Gasteiger partial charge is 0.468 e. The lowest BCUT2D eigenvalue weighted by Gasteiger charge is -2.04. The van der Waals surface area contributed by atoms with Crippen molar-refractivity contribution in [3.8, 4) is 0 Å². The highest BCUT2D eigenvalue weighted by molar-refractivity contribution is 7.43. The average molecular weight is 177 g/mol. The molecule has 1 N–H and O–H groups in total. The van der Waals surface area contributed by atoms with E-state index in [1.165, 1.54) is 18.8 Å². The van der Waals surface area contributed by atoms with E-state index in [0.717, 1.165) is 0 Å². The van der Waals surface area contributed by atoms with Crippen LogP contribution in [0.15, 0.2) is 0 Å². The summed E-state index contributed by atoms with van der Waals surface area (Å²) < 4.78 is 12.5. The van der Waals surface area contributed by atoms with Gasteiger partial charge in [0.25, 0.3) is 0 Å². The third kappa shape index (κ3) is 2.85. The predicted molar refractivity (Wildman–Crippen MR) is 45.0 cm³/mol. The molecule has 0 saturated carbocycles. The summed E-state index contributed by atoms with van der Waals surface area (Å²) in [5.74, 6) is 0. The van der Waals surface area contributed by atoms with Crippen LogP contribution in [0.5, 0.6) is 0 Å². The molecule has 0 aliphatic heterocycles. The molecule has 0 aliphatic carbocycles. The average Bonchev–Trinajstić information content (AvgIpc) is 2.00. The second-order valence-corrected chi connectivity index (χ2v) is 4.71. The molecule has 0 radical (unpaired) electrons. The van der Waals surface area contributed by atoms with Crippen LogP contribution in [0.2, 0.25) is 0 Å². The van der Waals surface area contributed by atoms with Crippen LogP contribution in [0.4, 0.5) is 4.79 Å². The highest BCUT2D eigenvalue weighted by Gasteiger charge is 2.31. The summed E-state index contributed by atoms with van der Waals surface area (Å²) in [6, 6.07) is -0.306. The molecule has 64 valence electrons. The second kappa shape index (κ2) is 4.29. The molecule has 5 heteroatoms. The molecule has 11 heavy (non-hydrogen) atoms. The maximum absolute atomic E-state index is 11.3. The Bertz CT molecular complexity index is 170. The van der Waals surface area contributed by atoms with Gasteiger partial charge in [0.05, 0.1) is 7.05 Å². The van der Waals surface area contributed by atoms with Crippen LogP contribution >= 0.6 is 7.95 Å². The van der Waals surface area contributed by atoms with Crippen molar-refractivity contribution < 1.29 is 9.36 Å². The number of nitrogens with one attached hydrogen (secondary N) is 1. The number of nitrogens with zero attached hydrogens (tertiary/aromatic N) is 1. The molecule has 0 heterocycles. The Kier molecular flexibility index (Phi) is 4.04. The summed E-state index contributed by atoms with van der Waals surface area (Å²) in [6.07, 6.45) is 0. The molecule has 1 atom stereocenters. The van der Waals surface area contributed by atoms with Gasteiger partial charge in [0.15, 0.2) is 5.66 Å². The second-order valence-electron chi connectivity index (χ2n) is 2.48. The van der Waals surface area contributed by atoms with Gasteiger partial charge in [-0.15, -0.1) is 4.67 Å². The van der Waals surface area contributed by atoms with E-state index in [-0.39, 0.29) is 11.7 Å². The third-order valence-electron chi connectivity index (χ3n) is 1.25. The van der Waals surface area contributed by atoms with E-state index in [0.29, 0.717) is 0 Å². The van der Waals surface area contributed by atoms with Crippen LogP contribution in [-0.4, -0.2) is 30.5 Å². The van der Waals surface area contributed by atoms with Gasteiger partial charge in [-0.1, -0.05) is 0 Å². The number of hydrogen-bond acceptors (Lipinski definition) is 2. The number of carbonyl (C=O) groups is 1. The van der Waals surface area contributed by atoms with Gasteiger partial charge < -0.3 is 5.32 Å². The fraction of sp³-hybridized carbons (Fsp3) is 0.833. The van der Waals surface area contributed by atoms with E-state index in [9.17, 15) is 9.36 Å². The quantitative estimate of drug-likeness (QED) is 0.648. The van der Waals surface area contributed by atoms with Gasteiger partial charge in [-0.2, -0.15) is 0 Å². The summed E-state index contributed by atoms with van der Waals surface area (Å²) >= 11 is 0. The summed E-state index contributed by atoms with van der Waals surface area (Å²) in [5.41, 5.74) is 0.00676. The van der Waals surface area contributed by atoms with Crippen molar-refractivity contribution >= 4 is 14.0 Å². The van der Waals surface area contributed by atoms with Crippen molar-refractivity contribution in [2.75, 3.05) is 14.1 Å². The van der Waals surface area contributed by atoms with E-state index < -0.39 is 7.95 Å². The third-order valence-corrected chi connectivity index (χ3v) is 2.90. The van der Waals surface area contributed by atoms with Crippen LogP contribution in [0, 0.1) is 0 Å². The first-order chi connectivity index (χ1) is 5.00. The molecular formula is C6H14N2O2P+. The Morgan fingerprint density at radius 3 is 2.27 bits per heavy atom. The molecule has 0 spiro atoms. The summed E-state index contributed by atoms with van der Waals surface area (Å²) in [7, 11) is 1.47. The lowest BCUT2D eigenvalue weighted by atomic mass is 10.6.